The van der Waals surface area contributed by atoms with Gasteiger partial charge in [0.05, 0.1) is 13.7 Å². The molecule has 0 aliphatic heterocycles. The van der Waals surface area contributed by atoms with E-state index in [2.05, 4.69) is 19.0 Å². The van der Waals surface area contributed by atoms with E-state index in [9.17, 15) is 0 Å². The smallest absolute Gasteiger partial charge is 0.305 e. The van der Waals surface area contributed by atoms with Crippen LogP contribution in [-0.4, -0.2) is 22.6 Å². The molecule has 17 heavy (non-hydrogen) atoms. The van der Waals surface area contributed by atoms with Crippen LogP contribution in [0.5, 0.6) is 0 Å². The zero-order valence-electron chi connectivity index (χ0n) is 10.5. The number of nitrogens with zero attached hydrogens (tertiary/aromatic N) is 3. The van der Waals surface area contributed by atoms with E-state index in [1.54, 1.807) is 0 Å². The Hall–Kier alpha value is -1.07. The summed E-state index contributed by atoms with van der Waals surface area (Å²) in [5.74, 6) is 1.45. The minimum Gasteiger partial charge on any atom is -1.00 e. The summed E-state index contributed by atoms with van der Waals surface area (Å²) in [6.45, 7) is 5.57. The molecule has 0 spiro atoms. The number of oxime groups is 1. The van der Waals surface area contributed by atoms with Crippen LogP contribution in [0.2, 0.25) is 0 Å². The van der Waals surface area contributed by atoms with E-state index in [4.69, 9.17) is 9.94 Å². The van der Waals surface area contributed by atoms with Crippen molar-refractivity contribution in [3.05, 3.63) is 18.2 Å². The number of aromatic nitrogens is 2. The largest absolute Gasteiger partial charge is 1.00 e. The maximum atomic E-state index is 8.53. The molecule has 98 valence electrons. The number of rotatable bonds is 6. The molecular weight excluding hydrogens is 242 g/mol. The maximum Gasteiger partial charge on any atom is 0.305 e. The van der Waals surface area contributed by atoms with E-state index in [-0.39, 0.29) is 12.4 Å². The summed E-state index contributed by atoms with van der Waals surface area (Å²) in [5, 5.41) is 11.6. The van der Waals surface area contributed by atoms with Crippen LogP contribution in [-0.2, 0) is 18.5 Å². The molecule has 0 fully saturated rings. The molecule has 0 atom stereocenters. The fourth-order valence-corrected chi connectivity index (χ4v) is 1.34. The molecule has 0 aliphatic rings. The number of hydrogen-bond acceptors (Lipinski definition) is 3. The van der Waals surface area contributed by atoms with Crippen LogP contribution in [0.4, 0.5) is 0 Å². The van der Waals surface area contributed by atoms with Crippen molar-refractivity contribution >= 4 is 6.21 Å². The predicted octanol–water partition coefficient (Wildman–Crippen LogP) is -1.86. The molecular formula is C11H20ClN3O2. The van der Waals surface area contributed by atoms with Crippen molar-refractivity contribution in [1.29, 1.82) is 0 Å². The Balaban J connectivity index is 0.00000256. The first-order chi connectivity index (χ1) is 7.65. The second-order valence-corrected chi connectivity index (χ2v) is 4.20. The van der Waals surface area contributed by atoms with Crippen molar-refractivity contribution in [1.82, 2.24) is 4.57 Å². The third-order valence-electron chi connectivity index (χ3n) is 2.37. The minimum atomic E-state index is 0. The molecule has 0 unspecified atom stereocenters. The van der Waals surface area contributed by atoms with Gasteiger partial charge in [-0.25, -0.2) is 9.13 Å². The predicted molar refractivity (Wildman–Crippen MR) is 60.4 cm³/mol. The Kier molecular flexibility index (Phi) is 7.58. The lowest BCUT2D eigenvalue weighted by molar-refractivity contribution is -0.672. The van der Waals surface area contributed by atoms with Gasteiger partial charge in [0, 0.05) is 0 Å². The SMILES string of the molecule is CC(C)CCOCn1cc[n+](C)c1/C=N\O.[Cl-]. The molecule has 1 aromatic rings. The van der Waals surface area contributed by atoms with Crippen molar-refractivity contribution in [3.8, 4) is 0 Å². The minimum absolute atomic E-state index is 0. The third-order valence-corrected chi connectivity index (χ3v) is 2.37. The molecule has 1 heterocycles. The molecule has 0 saturated heterocycles. The summed E-state index contributed by atoms with van der Waals surface area (Å²) >= 11 is 0. The van der Waals surface area contributed by atoms with Gasteiger partial charge in [-0.15, -0.1) is 0 Å². The van der Waals surface area contributed by atoms with Crippen molar-refractivity contribution in [2.24, 2.45) is 18.1 Å². The molecule has 0 amide bonds. The van der Waals surface area contributed by atoms with Gasteiger partial charge < -0.3 is 22.4 Å². The summed E-state index contributed by atoms with van der Waals surface area (Å²) in [6, 6.07) is 0. The molecule has 0 radical (unpaired) electrons. The second-order valence-electron chi connectivity index (χ2n) is 4.20. The highest BCUT2D eigenvalue weighted by Gasteiger charge is 2.11. The summed E-state index contributed by atoms with van der Waals surface area (Å²) in [5.41, 5.74) is 0. The van der Waals surface area contributed by atoms with Gasteiger partial charge >= 0.3 is 5.82 Å². The number of aryl methyl sites for hydroxylation is 1. The Morgan fingerprint density at radius 3 is 2.88 bits per heavy atom. The first-order valence-electron chi connectivity index (χ1n) is 5.45. The number of imidazole rings is 1. The lowest BCUT2D eigenvalue weighted by Crippen LogP contribution is -3.00. The quantitative estimate of drug-likeness (QED) is 0.215. The summed E-state index contributed by atoms with van der Waals surface area (Å²) in [4.78, 5) is 0. The van der Waals surface area contributed by atoms with Crippen molar-refractivity contribution in [2.75, 3.05) is 6.61 Å². The van der Waals surface area contributed by atoms with Crippen LogP contribution in [0.25, 0.3) is 0 Å². The lowest BCUT2D eigenvalue weighted by atomic mass is 10.1. The van der Waals surface area contributed by atoms with Crippen molar-refractivity contribution in [2.45, 2.75) is 27.0 Å². The fourth-order valence-electron chi connectivity index (χ4n) is 1.34. The Labute approximate surface area is 108 Å². The molecule has 1 N–H and O–H groups in total. The normalized spacial score (nSPS) is 11.1. The number of hydrogen-bond donors (Lipinski definition) is 1. The Morgan fingerprint density at radius 1 is 1.59 bits per heavy atom. The van der Waals surface area contributed by atoms with Gasteiger partial charge in [0.2, 0.25) is 0 Å². The molecule has 5 nitrogen and oxygen atoms in total. The van der Waals surface area contributed by atoms with E-state index in [0.29, 0.717) is 12.6 Å². The zero-order chi connectivity index (χ0) is 12.0. The van der Waals surface area contributed by atoms with E-state index in [0.717, 1.165) is 18.9 Å². The van der Waals surface area contributed by atoms with Crippen molar-refractivity contribution in [3.63, 3.8) is 0 Å². The molecule has 0 saturated carbocycles. The van der Waals surface area contributed by atoms with Gasteiger partial charge in [-0.2, -0.15) is 0 Å². The van der Waals surface area contributed by atoms with Gasteiger partial charge in [0.15, 0.2) is 12.9 Å². The van der Waals surface area contributed by atoms with E-state index < -0.39 is 0 Å². The van der Waals surface area contributed by atoms with Crippen LogP contribution in [0.3, 0.4) is 0 Å². The van der Waals surface area contributed by atoms with E-state index in [1.807, 2.05) is 28.6 Å². The average molecular weight is 262 g/mol. The molecule has 0 bridgehead atoms. The maximum absolute atomic E-state index is 8.53. The van der Waals surface area contributed by atoms with Gasteiger partial charge in [-0.1, -0.05) is 19.0 Å². The summed E-state index contributed by atoms with van der Waals surface area (Å²) < 4.78 is 9.29. The van der Waals surface area contributed by atoms with Crippen LogP contribution in [0.1, 0.15) is 26.1 Å². The van der Waals surface area contributed by atoms with Gasteiger partial charge in [0.1, 0.15) is 12.4 Å². The molecule has 0 aliphatic carbocycles. The highest BCUT2D eigenvalue weighted by Crippen LogP contribution is 2.00. The Morgan fingerprint density at radius 2 is 2.29 bits per heavy atom. The van der Waals surface area contributed by atoms with E-state index >= 15 is 0 Å². The first kappa shape index (κ1) is 15.9. The Bertz CT molecular complexity index is 350. The average Bonchev–Trinajstić information content (AvgIpc) is 2.56. The summed E-state index contributed by atoms with van der Waals surface area (Å²) in [6.07, 6.45) is 6.23. The first-order valence-corrected chi connectivity index (χ1v) is 5.45. The number of ether oxygens (including phenoxy) is 1. The monoisotopic (exact) mass is 261 g/mol. The highest BCUT2D eigenvalue weighted by atomic mass is 35.5. The van der Waals surface area contributed by atoms with Gasteiger partial charge in [0.25, 0.3) is 0 Å². The number of halogens is 1. The molecule has 6 heteroatoms. The second kappa shape index (κ2) is 8.08. The molecule has 1 rings (SSSR count). The van der Waals surface area contributed by atoms with Crippen LogP contribution >= 0.6 is 0 Å². The van der Waals surface area contributed by atoms with Crippen molar-refractivity contribution < 1.29 is 26.9 Å². The van der Waals surface area contributed by atoms with E-state index in [1.165, 1.54) is 6.21 Å². The third kappa shape index (κ3) is 5.19. The van der Waals surface area contributed by atoms with Crippen LogP contribution in [0.15, 0.2) is 17.5 Å². The zero-order valence-corrected chi connectivity index (χ0v) is 11.3. The highest BCUT2D eigenvalue weighted by molar-refractivity contribution is 5.72. The summed E-state index contributed by atoms with van der Waals surface area (Å²) in [7, 11) is 1.89. The van der Waals surface area contributed by atoms with Crippen LogP contribution in [0, 0.1) is 5.92 Å². The lowest BCUT2D eigenvalue weighted by Gasteiger charge is -2.04. The molecule has 0 aromatic carbocycles. The fraction of sp³-hybridized carbons (Fsp3) is 0.636. The van der Waals surface area contributed by atoms with Gasteiger partial charge in [-0.05, 0) is 12.3 Å². The molecule has 1 aromatic heterocycles. The van der Waals surface area contributed by atoms with Gasteiger partial charge in [-0.3, -0.25) is 0 Å². The van der Waals surface area contributed by atoms with Crippen LogP contribution < -0.4 is 17.0 Å². The standard InChI is InChI=1S/C11H19N3O2.ClH/c1-10(2)4-7-16-9-14-6-5-13(3)11(14)8-12-15;/h5-6,8,10H,4,7,9H2,1-3H3;1H. The topological polar surface area (TPSA) is 50.6 Å².